The summed E-state index contributed by atoms with van der Waals surface area (Å²) in [7, 11) is 1.35. The SMILES string of the molecule is CCOc1cc(CN(c2nc(C)cc(C(=O)OC)n2)C2CCNCC2)ccc1Cl. The van der Waals surface area contributed by atoms with Gasteiger partial charge in [-0.05, 0) is 63.5 Å². The van der Waals surface area contributed by atoms with Crippen molar-refractivity contribution in [3.8, 4) is 5.75 Å². The summed E-state index contributed by atoms with van der Waals surface area (Å²) >= 11 is 6.25. The molecule has 3 rings (SSSR count). The molecule has 1 N–H and O–H groups in total. The number of anilines is 1. The van der Waals surface area contributed by atoms with Gasteiger partial charge < -0.3 is 19.7 Å². The third kappa shape index (κ3) is 5.36. The number of nitrogens with one attached hydrogen (secondary N) is 1. The number of ether oxygens (including phenoxy) is 2. The average molecular weight is 419 g/mol. The van der Waals surface area contributed by atoms with Crippen LogP contribution in [0.2, 0.25) is 5.02 Å². The Morgan fingerprint density at radius 2 is 2.03 bits per heavy atom. The van der Waals surface area contributed by atoms with E-state index < -0.39 is 5.97 Å². The Kier molecular flexibility index (Phi) is 7.28. The summed E-state index contributed by atoms with van der Waals surface area (Å²) in [5.41, 5.74) is 2.03. The number of carbonyl (C=O) groups is 1. The number of aromatic nitrogens is 2. The van der Waals surface area contributed by atoms with Gasteiger partial charge in [-0.25, -0.2) is 14.8 Å². The lowest BCUT2D eigenvalue weighted by atomic mass is 10.0. The van der Waals surface area contributed by atoms with Gasteiger partial charge in [0, 0.05) is 18.3 Å². The number of methoxy groups -OCH3 is 1. The van der Waals surface area contributed by atoms with E-state index in [2.05, 4.69) is 20.2 Å². The Morgan fingerprint density at radius 3 is 2.72 bits per heavy atom. The first-order chi connectivity index (χ1) is 14.0. The lowest BCUT2D eigenvalue weighted by molar-refractivity contribution is 0.0593. The Morgan fingerprint density at radius 1 is 1.28 bits per heavy atom. The first-order valence-corrected chi connectivity index (χ1v) is 10.2. The molecule has 0 amide bonds. The summed E-state index contributed by atoms with van der Waals surface area (Å²) in [6, 6.07) is 7.69. The van der Waals surface area contributed by atoms with Gasteiger partial charge in [0.25, 0.3) is 0 Å². The summed E-state index contributed by atoms with van der Waals surface area (Å²) < 4.78 is 10.5. The van der Waals surface area contributed by atoms with Crippen LogP contribution in [0.25, 0.3) is 0 Å². The Hall–Kier alpha value is -2.38. The Labute approximate surface area is 176 Å². The molecule has 1 aromatic heterocycles. The van der Waals surface area contributed by atoms with Crippen molar-refractivity contribution in [3.05, 3.63) is 46.2 Å². The van der Waals surface area contributed by atoms with E-state index in [0.29, 0.717) is 29.9 Å². The molecular weight excluding hydrogens is 392 g/mol. The number of piperidine rings is 1. The van der Waals surface area contributed by atoms with Gasteiger partial charge >= 0.3 is 5.97 Å². The molecular formula is C21H27ClN4O3. The van der Waals surface area contributed by atoms with E-state index >= 15 is 0 Å². The van der Waals surface area contributed by atoms with E-state index in [0.717, 1.165) is 37.2 Å². The molecule has 156 valence electrons. The van der Waals surface area contributed by atoms with Gasteiger partial charge in [-0.1, -0.05) is 17.7 Å². The number of halogens is 1. The molecule has 1 saturated heterocycles. The molecule has 0 atom stereocenters. The number of aryl methyl sites for hydroxylation is 1. The van der Waals surface area contributed by atoms with Crippen molar-refractivity contribution < 1.29 is 14.3 Å². The van der Waals surface area contributed by atoms with Crippen LogP contribution in [-0.4, -0.2) is 48.8 Å². The molecule has 1 aliphatic heterocycles. The van der Waals surface area contributed by atoms with Crippen molar-refractivity contribution >= 4 is 23.5 Å². The van der Waals surface area contributed by atoms with E-state index in [-0.39, 0.29) is 11.7 Å². The number of hydrogen-bond donors (Lipinski definition) is 1. The number of benzene rings is 1. The monoisotopic (exact) mass is 418 g/mol. The van der Waals surface area contributed by atoms with Crippen molar-refractivity contribution in [3.63, 3.8) is 0 Å². The van der Waals surface area contributed by atoms with E-state index in [9.17, 15) is 4.79 Å². The number of rotatable bonds is 7. The van der Waals surface area contributed by atoms with Crippen molar-refractivity contribution in [1.82, 2.24) is 15.3 Å². The first-order valence-electron chi connectivity index (χ1n) is 9.84. The van der Waals surface area contributed by atoms with Gasteiger partial charge in [0.05, 0.1) is 18.7 Å². The second-order valence-corrected chi connectivity index (χ2v) is 7.40. The zero-order valence-electron chi connectivity index (χ0n) is 17.1. The zero-order valence-corrected chi connectivity index (χ0v) is 17.8. The molecule has 0 bridgehead atoms. The van der Waals surface area contributed by atoms with Crippen LogP contribution in [0.1, 0.15) is 41.5 Å². The maximum atomic E-state index is 12.1. The van der Waals surface area contributed by atoms with Crippen LogP contribution < -0.4 is 15.0 Å². The average Bonchev–Trinajstić information content (AvgIpc) is 2.74. The van der Waals surface area contributed by atoms with Gasteiger partial charge in [0.1, 0.15) is 5.75 Å². The van der Waals surface area contributed by atoms with Crippen LogP contribution in [0.3, 0.4) is 0 Å². The molecule has 1 aliphatic rings. The lowest BCUT2D eigenvalue weighted by Gasteiger charge is -2.35. The largest absolute Gasteiger partial charge is 0.492 e. The minimum atomic E-state index is -0.466. The molecule has 1 aromatic carbocycles. The van der Waals surface area contributed by atoms with Gasteiger partial charge in [-0.2, -0.15) is 0 Å². The minimum Gasteiger partial charge on any atom is -0.492 e. The highest BCUT2D eigenvalue weighted by Gasteiger charge is 2.25. The fourth-order valence-electron chi connectivity index (χ4n) is 3.48. The third-order valence-electron chi connectivity index (χ3n) is 4.89. The minimum absolute atomic E-state index is 0.259. The number of carbonyl (C=O) groups excluding carboxylic acids is 1. The van der Waals surface area contributed by atoms with Gasteiger partial charge in [-0.15, -0.1) is 0 Å². The predicted molar refractivity (Wildman–Crippen MR) is 113 cm³/mol. The highest BCUT2D eigenvalue weighted by Crippen LogP contribution is 2.28. The van der Waals surface area contributed by atoms with E-state index in [1.807, 2.05) is 32.0 Å². The van der Waals surface area contributed by atoms with Gasteiger partial charge in [0.2, 0.25) is 5.95 Å². The van der Waals surface area contributed by atoms with Crippen LogP contribution in [0.15, 0.2) is 24.3 Å². The van der Waals surface area contributed by atoms with Crippen molar-refractivity contribution in [1.29, 1.82) is 0 Å². The molecule has 2 aromatic rings. The fraction of sp³-hybridized carbons (Fsp3) is 0.476. The third-order valence-corrected chi connectivity index (χ3v) is 5.20. The second-order valence-electron chi connectivity index (χ2n) is 6.99. The van der Waals surface area contributed by atoms with E-state index in [1.54, 1.807) is 6.07 Å². The summed E-state index contributed by atoms with van der Waals surface area (Å²) in [6.07, 6.45) is 1.94. The standard InChI is InChI=1S/C21H27ClN4O3/c1-4-29-19-12-15(5-6-17(19)22)13-26(16-7-9-23-10-8-16)21-24-14(2)11-18(25-21)20(27)28-3/h5-6,11-12,16,23H,4,7-10,13H2,1-3H3. The molecule has 1 fully saturated rings. The van der Waals surface area contributed by atoms with Crippen molar-refractivity contribution in [2.45, 2.75) is 39.3 Å². The quantitative estimate of drug-likeness (QED) is 0.690. The highest BCUT2D eigenvalue weighted by molar-refractivity contribution is 6.32. The molecule has 0 saturated carbocycles. The smallest absolute Gasteiger partial charge is 0.356 e. The van der Waals surface area contributed by atoms with Crippen molar-refractivity contribution in [2.24, 2.45) is 0 Å². The molecule has 0 radical (unpaired) electrons. The maximum Gasteiger partial charge on any atom is 0.356 e. The summed E-state index contributed by atoms with van der Waals surface area (Å²) in [6.45, 7) is 6.78. The summed E-state index contributed by atoms with van der Waals surface area (Å²) in [5, 5.41) is 3.98. The van der Waals surface area contributed by atoms with Crippen LogP contribution in [0.4, 0.5) is 5.95 Å². The van der Waals surface area contributed by atoms with Crippen LogP contribution in [-0.2, 0) is 11.3 Å². The van der Waals surface area contributed by atoms with E-state index in [4.69, 9.17) is 21.1 Å². The predicted octanol–water partition coefficient (Wildman–Crippen LogP) is 3.38. The summed E-state index contributed by atoms with van der Waals surface area (Å²) in [5.74, 6) is 0.731. The Bertz CT molecular complexity index is 856. The maximum absolute atomic E-state index is 12.1. The molecule has 8 heteroatoms. The Balaban J connectivity index is 1.96. The molecule has 0 aliphatic carbocycles. The molecule has 0 spiro atoms. The first kappa shape index (κ1) is 21.3. The normalized spacial score (nSPS) is 14.5. The fourth-order valence-corrected chi connectivity index (χ4v) is 3.65. The van der Waals surface area contributed by atoms with E-state index in [1.165, 1.54) is 7.11 Å². The van der Waals surface area contributed by atoms with Gasteiger partial charge in [-0.3, -0.25) is 0 Å². The van der Waals surface area contributed by atoms with Crippen LogP contribution in [0.5, 0.6) is 5.75 Å². The number of esters is 1. The molecule has 7 nitrogen and oxygen atoms in total. The van der Waals surface area contributed by atoms with Crippen LogP contribution in [0, 0.1) is 6.92 Å². The highest BCUT2D eigenvalue weighted by atomic mass is 35.5. The second kappa shape index (κ2) is 9.89. The molecule has 2 heterocycles. The van der Waals surface area contributed by atoms with Gasteiger partial charge in [0.15, 0.2) is 5.69 Å². The lowest BCUT2D eigenvalue weighted by Crippen LogP contribution is -2.43. The number of hydrogen-bond acceptors (Lipinski definition) is 7. The zero-order chi connectivity index (χ0) is 20.8. The molecule has 0 unspecified atom stereocenters. The summed E-state index contributed by atoms with van der Waals surface area (Å²) in [4.78, 5) is 23.4. The topological polar surface area (TPSA) is 76.6 Å². The van der Waals surface area contributed by atoms with Crippen LogP contribution >= 0.6 is 11.6 Å². The number of nitrogens with zero attached hydrogens (tertiary/aromatic N) is 3. The molecule has 29 heavy (non-hydrogen) atoms. The van der Waals surface area contributed by atoms with Crippen molar-refractivity contribution in [2.75, 3.05) is 31.7 Å².